The Hall–Kier alpha value is -0.830. The molecule has 25 heavy (non-hydrogen) atoms. The van der Waals surface area contributed by atoms with Crippen LogP contribution in [0.1, 0.15) is 65.4 Å². The summed E-state index contributed by atoms with van der Waals surface area (Å²) in [6.07, 6.45) is 6.52. The number of benzene rings is 1. The molecule has 0 bridgehead atoms. The predicted octanol–water partition coefficient (Wildman–Crippen LogP) is 6.01. The molecule has 1 N–H and O–H groups in total. The monoisotopic (exact) mass is 360 g/mol. The Kier molecular flexibility index (Phi) is 3.92. The van der Waals surface area contributed by atoms with E-state index in [4.69, 9.17) is 4.74 Å². The summed E-state index contributed by atoms with van der Waals surface area (Å²) in [5.41, 5.74) is 2.10. The number of fused-ring (bicyclic) bond motifs is 5. The first kappa shape index (κ1) is 17.6. The van der Waals surface area contributed by atoms with Gasteiger partial charge in [-0.25, -0.2) is 0 Å². The van der Waals surface area contributed by atoms with Crippen LogP contribution in [-0.2, 0) is 5.41 Å². The van der Waals surface area contributed by atoms with E-state index in [-0.39, 0.29) is 5.41 Å². The molecule has 138 valence electrons. The Balaban J connectivity index is 1.82. The summed E-state index contributed by atoms with van der Waals surface area (Å²) in [6.45, 7) is 9.96. The fraction of sp³-hybridized carbons (Fsp3) is 0.727. The summed E-state index contributed by atoms with van der Waals surface area (Å²) in [5.74, 6) is 3.80. The van der Waals surface area contributed by atoms with Gasteiger partial charge < -0.3 is 9.84 Å². The molecule has 2 aliphatic carbocycles. The minimum absolute atomic E-state index is 0.0790. The molecule has 0 radical (unpaired) electrons. The quantitative estimate of drug-likeness (QED) is 0.665. The van der Waals surface area contributed by atoms with Gasteiger partial charge in [0.25, 0.3) is 0 Å². The highest BCUT2D eigenvalue weighted by atomic mass is 32.2. The molecule has 1 aromatic carbocycles. The summed E-state index contributed by atoms with van der Waals surface area (Å²) < 4.78 is 5.39. The lowest BCUT2D eigenvalue weighted by Crippen LogP contribution is -2.58. The van der Waals surface area contributed by atoms with Crippen molar-refractivity contribution in [2.75, 3.05) is 12.9 Å². The van der Waals surface area contributed by atoms with Crippen molar-refractivity contribution < 1.29 is 9.84 Å². The largest absolute Gasteiger partial charge is 0.507 e. The van der Waals surface area contributed by atoms with E-state index in [1.54, 1.807) is 7.11 Å². The Bertz CT molecular complexity index is 698. The van der Waals surface area contributed by atoms with Gasteiger partial charge in [0, 0.05) is 27.7 Å². The third-order valence-corrected chi connectivity index (χ3v) is 9.19. The zero-order valence-electron chi connectivity index (χ0n) is 16.3. The van der Waals surface area contributed by atoms with Crippen molar-refractivity contribution in [2.45, 2.75) is 70.1 Å². The van der Waals surface area contributed by atoms with Crippen LogP contribution in [0, 0.1) is 22.7 Å². The molecule has 3 aliphatic rings. The minimum Gasteiger partial charge on any atom is -0.507 e. The van der Waals surface area contributed by atoms with Crippen LogP contribution in [0.2, 0.25) is 0 Å². The second kappa shape index (κ2) is 5.58. The van der Waals surface area contributed by atoms with Crippen molar-refractivity contribution in [3.05, 3.63) is 17.7 Å². The van der Waals surface area contributed by atoms with Crippen molar-refractivity contribution in [1.82, 2.24) is 0 Å². The van der Waals surface area contributed by atoms with E-state index in [1.165, 1.54) is 48.3 Å². The Morgan fingerprint density at radius 2 is 1.84 bits per heavy atom. The number of hydrogen-bond donors (Lipinski definition) is 1. The standard InChI is InChI=1S/C22H32O2S/c1-20(2)8-6-9-21(3)17(20)7-10-22(4)18(21)13-25-16-12-14(24-5)11-15(23)19(16)22/h11-12,17-18,23H,6-10,13H2,1-5H3. The van der Waals surface area contributed by atoms with Crippen molar-refractivity contribution in [3.8, 4) is 11.5 Å². The molecular weight excluding hydrogens is 328 g/mol. The van der Waals surface area contributed by atoms with Crippen LogP contribution in [0.4, 0.5) is 0 Å². The number of phenols is 1. The first-order valence-corrected chi connectivity index (χ1v) is 10.8. The van der Waals surface area contributed by atoms with Crippen LogP contribution in [-0.4, -0.2) is 18.0 Å². The molecule has 3 heteroatoms. The van der Waals surface area contributed by atoms with E-state index in [2.05, 4.69) is 33.8 Å². The maximum absolute atomic E-state index is 10.9. The zero-order chi connectivity index (χ0) is 18.0. The lowest BCUT2D eigenvalue weighted by molar-refractivity contribution is -0.0976. The number of rotatable bonds is 1. The van der Waals surface area contributed by atoms with E-state index in [0.29, 0.717) is 22.5 Å². The topological polar surface area (TPSA) is 29.5 Å². The molecule has 0 spiro atoms. The molecule has 1 heterocycles. The number of phenolic OH excluding ortho intramolecular Hbond substituents is 1. The van der Waals surface area contributed by atoms with Crippen molar-refractivity contribution in [1.29, 1.82) is 0 Å². The van der Waals surface area contributed by atoms with Crippen molar-refractivity contribution in [3.63, 3.8) is 0 Å². The molecule has 4 unspecified atom stereocenters. The maximum atomic E-state index is 10.9. The Morgan fingerprint density at radius 1 is 1.08 bits per heavy atom. The van der Waals surface area contributed by atoms with Gasteiger partial charge in [-0.05, 0) is 54.4 Å². The fourth-order valence-corrected chi connectivity index (χ4v) is 8.65. The molecule has 4 rings (SSSR count). The van der Waals surface area contributed by atoms with E-state index >= 15 is 0 Å². The fourth-order valence-electron chi connectivity index (χ4n) is 6.88. The SMILES string of the molecule is COc1cc(O)c2c(c1)SCC1C2(C)CCC2C(C)(C)CCCC21C. The van der Waals surface area contributed by atoms with Crippen LogP contribution in [0.5, 0.6) is 11.5 Å². The molecule has 1 aromatic rings. The summed E-state index contributed by atoms with van der Waals surface area (Å²) in [5, 5.41) is 10.9. The van der Waals surface area contributed by atoms with Gasteiger partial charge in [-0.15, -0.1) is 11.8 Å². The molecule has 0 amide bonds. The minimum atomic E-state index is 0.0790. The highest BCUT2D eigenvalue weighted by molar-refractivity contribution is 7.99. The first-order valence-electron chi connectivity index (χ1n) is 9.77. The van der Waals surface area contributed by atoms with Crippen LogP contribution in [0.15, 0.2) is 17.0 Å². The molecular formula is C22H32O2S. The highest BCUT2D eigenvalue weighted by Gasteiger charge is 2.60. The van der Waals surface area contributed by atoms with Crippen molar-refractivity contribution in [2.24, 2.45) is 22.7 Å². The first-order chi connectivity index (χ1) is 11.7. The highest BCUT2D eigenvalue weighted by Crippen LogP contribution is 2.68. The lowest BCUT2D eigenvalue weighted by Gasteiger charge is -2.64. The molecule has 0 saturated heterocycles. The van der Waals surface area contributed by atoms with E-state index in [0.717, 1.165) is 11.7 Å². The van der Waals surface area contributed by atoms with E-state index < -0.39 is 0 Å². The normalized spacial score (nSPS) is 39.1. The van der Waals surface area contributed by atoms with E-state index in [1.807, 2.05) is 17.8 Å². The molecule has 2 saturated carbocycles. The average Bonchev–Trinajstić information content (AvgIpc) is 2.52. The molecule has 1 aliphatic heterocycles. The summed E-state index contributed by atoms with van der Waals surface area (Å²) in [7, 11) is 1.68. The maximum Gasteiger partial charge on any atom is 0.124 e. The third-order valence-electron chi connectivity index (χ3n) is 8.06. The second-order valence-corrected chi connectivity index (χ2v) is 10.8. The lowest BCUT2D eigenvalue weighted by atomic mass is 9.43. The number of aromatic hydroxyl groups is 1. The van der Waals surface area contributed by atoms with Gasteiger partial charge in [-0.2, -0.15) is 0 Å². The van der Waals surface area contributed by atoms with Gasteiger partial charge in [0.2, 0.25) is 0 Å². The summed E-state index contributed by atoms with van der Waals surface area (Å²) >= 11 is 1.93. The summed E-state index contributed by atoms with van der Waals surface area (Å²) in [6, 6.07) is 3.94. The van der Waals surface area contributed by atoms with Crippen molar-refractivity contribution >= 4 is 11.8 Å². The van der Waals surface area contributed by atoms with Gasteiger partial charge in [0.15, 0.2) is 0 Å². The second-order valence-electron chi connectivity index (χ2n) is 9.74. The molecule has 0 aromatic heterocycles. The molecule has 2 fully saturated rings. The average molecular weight is 361 g/mol. The van der Waals surface area contributed by atoms with Gasteiger partial charge in [0.1, 0.15) is 11.5 Å². The smallest absolute Gasteiger partial charge is 0.124 e. The Morgan fingerprint density at radius 3 is 2.56 bits per heavy atom. The van der Waals surface area contributed by atoms with Crippen LogP contribution in [0.3, 0.4) is 0 Å². The predicted molar refractivity (Wildman–Crippen MR) is 105 cm³/mol. The molecule has 2 nitrogen and oxygen atoms in total. The number of ether oxygens (including phenoxy) is 1. The van der Waals surface area contributed by atoms with Crippen LogP contribution in [0.25, 0.3) is 0 Å². The van der Waals surface area contributed by atoms with Gasteiger partial charge in [-0.3, -0.25) is 0 Å². The van der Waals surface area contributed by atoms with Gasteiger partial charge >= 0.3 is 0 Å². The van der Waals surface area contributed by atoms with Crippen LogP contribution < -0.4 is 4.74 Å². The number of hydrogen-bond acceptors (Lipinski definition) is 3. The summed E-state index contributed by atoms with van der Waals surface area (Å²) in [4.78, 5) is 1.23. The van der Waals surface area contributed by atoms with Gasteiger partial charge in [0.05, 0.1) is 7.11 Å². The number of methoxy groups -OCH3 is 1. The molecule has 4 atom stereocenters. The zero-order valence-corrected chi connectivity index (χ0v) is 17.1. The number of thioether (sulfide) groups is 1. The van der Waals surface area contributed by atoms with Crippen LogP contribution >= 0.6 is 11.8 Å². The van der Waals surface area contributed by atoms with Gasteiger partial charge in [-0.1, -0.05) is 34.1 Å². The Labute approximate surface area is 156 Å². The third kappa shape index (κ3) is 2.37. The van der Waals surface area contributed by atoms with E-state index in [9.17, 15) is 5.11 Å².